The molecule has 8 heteroatoms. The third-order valence-corrected chi connectivity index (χ3v) is 8.12. The molecular formula is C42H43N3O5. The highest BCUT2D eigenvalue weighted by atomic mass is 16.7. The molecule has 0 saturated heterocycles. The molecule has 1 heterocycles. The zero-order valence-electron chi connectivity index (χ0n) is 28.7. The lowest BCUT2D eigenvalue weighted by Gasteiger charge is -2.35. The number of esters is 1. The van der Waals surface area contributed by atoms with Crippen molar-refractivity contribution in [3.8, 4) is 11.3 Å². The lowest BCUT2D eigenvalue weighted by molar-refractivity contribution is -0.158. The number of pyridine rings is 1. The van der Waals surface area contributed by atoms with Crippen molar-refractivity contribution in [2.24, 2.45) is 5.92 Å². The van der Waals surface area contributed by atoms with Gasteiger partial charge in [0.2, 0.25) is 11.8 Å². The summed E-state index contributed by atoms with van der Waals surface area (Å²) in [6.45, 7) is 5.60. The summed E-state index contributed by atoms with van der Waals surface area (Å²) in [5, 5.41) is 2.92. The molecule has 0 saturated carbocycles. The summed E-state index contributed by atoms with van der Waals surface area (Å²) in [7, 11) is 0. The summed E-state index contributed by atoms with van der Waals surface area (Å²) in [5.41, 5.74) is 6.01. The molecule has 0 radical (unpaired) electrons. The highest BCUT2D eigenvalue weighted by molar-refractivity contribution is 5.88. The number of hydrogen-bond donors (Lipinski definition) is 2. The number of hydroxylamine groups is 1. The summed E-state index contributed by atoms with van der Waals surface area (Å²) in [6.07, 6.45) is 1.76. The first-order valence-corrected chi connectivity index (χ1v) is 16.8. The molecule has 0 bridgehead atoms. The molecule has 1 unspecified atom stereocenters. The number of aromatic nitrogens is 1. The van der Waals surface area contributed by atoms with E-state index < -0.39 is 34.9 Å². The minimum absolute atomic E-state index is 0.267. The van der Waals surface area contributed by atoms with Crippen LogP contribution in [0.4, 0.5) is 0 Å². The van der Waals surface area contributed by atoms with Crippen molar-refractivity contribution < 1.29 is 24.0 Å². The Bertz CT molecular complexity index is 1730. The minimum atomic E-state index is -1.20. The van der Waals surface area contributed by atoms with Crippen molar-refractivity contribution in [2.75, 3.05) is 6.54 Å². The molecule has 0 aliphatic carbocycles. The lowest BCUT2D eigenvalue weighted by atomic mass is 9.80. The van der Waals surface area contributed by atoms with Crippen molar-refractivity contribution in [2.45, 2.75) is 51.2 Å². The van der Waals surface area contributed by atoms with Gasteiger partial charge in [0.15, 0.2) is 5.60 Å². The van der Waals surface area contributed by atoms with Gasteiger partial charge >= 0.3 is 5.97 Å². The van der Waals surface area contributed by atoms with Crippen LogP contribution in [0.3, 0.4) is 0 Å². The number of rotatable bonds is 14. The van der Waals surface area contributed by atoms with Crippen LogP contribution in [0.2, 0.25) is 0 Å². The van der Waals surface area contributed by atoms with Gasteiger partial charge in [-0.3, -0.25) is 24.2 Å². The molecule has 256 valence electrons. The maximum Gasteiger partial charge on any atom is 0.307 e. The average molecular weight is 670 g/mol. The quantitative estimate of drug-likeness (QED) is 0.0737. The van der Waals surface area contributed by atoms with Crippen molar-refractivity contribution in [3.05, 3.63) is 162 Å². The van der Waals surface area contributed by atoms with Crippen LogP contribution in [0.1, 0.15) is 55.9 Å². The van der Waals surface area contributed by atoms with Crippen LogP contribution < -0.4 is 10.8 Å². The molecule has 0 fully saturated rings. The molecule has 5 aromatic rings. The zero-order valence-corrected chi connectivity index (χ0v) is 28.7. The van der Waals surface area contributed by atoms with Gasteiger partial charge in [0.05, 0.1) is 18.0 Å². The SMILES string of the molecule is CC(C)(C)OC(=O)CC(CC(=O)NOC(c1ccccc1)(c1ccccc1)c1ccccc1)C(=O)NCCc1ccc(-c2ccccn2)cc1. The van der Waals surface area contributed by atoms with Crippen LogP contribution in [0.15, 0.2) is 140 Å². The monoisotopic (exact) mass is 669 g/mol. The molecule has 0 aliphatic heterocycles. The smallest absolute Gasteiger partial charge is 0.307 e. The topological polar surface area (TPSA) is 107 Å². The third kappa shape index (κ3) is 9.51. The van der Waals surface area contributed by atoms with Gasteiger partial charge < -0.3 is 10.1 Å². The van der Waals surface area contributed by atoms with Gasteiger partial charge in [0.1, 0.15) is 5.60 Å². The van der Waals surface area contributed by atoms with Gasteiger partial charge in [-0.25, -0.2) is 5.48 Å². The van der Waals surface area contributed by atoms with Crippen LogP contribution in [-0.4, -0.2) is 34.9 Å². The van der Waals surface area contributed by atoms with E-state index in [9.17, 15) is 14.4 Å². The number of nitrogens with zero attached hydrogens (tertiary/aromatic N) is 1. The fourth-order valence-corrected chi connectivity index (χ4v) is 5.79. The molecule has 0 spiro atoms. The third-order valence-electron chi connectivity index (χ3n) is 8.12. The highest BCUT2D eigenvalue weighted by Crippen LogP contribution is 2.39. The summed E-state index contributed by atoms with van der Waals surface area (Å²) in [6, 6.07) is 42.6. The Balaban J connectivity index is 1.30. The molecular weight excluding hydrogens is 626 g/mol. The van der Waals surface area contributed by atoms with E-state index in [1.54, 1.807) is 27.0 Å². The summed E-state index contributed by atoms with van der Waals surface area (Å²) in [5.74, 6) is -2.52. The first-order chi connectivity index (χ1) is 24.1. The molecule has 50 heavy (non-hydrogen) atoms. The normalized spacial score (nSPS) is 12.1. The summed E-state index contributed by atoms with van der Waals surface area (Å²) >= 11 is 0. The highest BCUT2D eigenvalue weighted by Gasteiger charge is 2.39. The first-order valence-electron chi connectivity index (χ1n) is 16.8. The van der Waals surface area contributed by atoms with Crippen LogP contribution in [0.25, 0.3) is 11.3 Å². The van der Waals surface area contributed by atoms with Crippen LogP contribution in [0.5, 0.6) is 0 Å². The number of ether oxygens (including phenoxy) is 1. The van der Waals surface area contributed by atoms with Crippen LogP contribution in [0, 0.1) is 5.92 Å². The number of hydrogen-bond acceptors (Lipinski definition) is 6. The Hall–Kier alpha value is -5.60. The number of carbonyl (C=O) groups is 3. The zero-order chi connectivity index (χ0) is 35.4. The Morgan fingerprint density at radius 3 is 1.72 bits per heavy atom. The van der Waals surface area contributed by atoms with Gasteiger partial charge in [0, 0.05) is 24.7 Å². The van der Waals surface area contributed by atoms with E-state index in [2.05, 4.69) is 15.8 Å². The molecule has 5 rings (SSSR count). The van der Waals surface area contributed by atoms with Crippen molar-refractivity contribution >= 4 is 17.8 Å². The lowest BCUT2D eigenvalue weighted by Crippen LogP contribution is -2.42. The predicted molar refractivity (Wildman–Crippen MR) is 193 cm³/mol. The van der Waals surface area contributed by atoms with E-state index in [1.165, 1.54) is 0 Å². The number of amides is 2. The largest absolute Gasteiger partial charge is 0.460 e. The summed E-state index contributed by atoms with van der Waals surface area (Å²) in [4.78, 5) is 50.9. The van der Waals surface area contributed by atoms with E-state index in [4.69, 9.17) is 9.57 Å². The van der Waals surface area contributed by atoms with E-state index in [-0.39, 0.29) is 12.8 Å². The van der Waals surface area contributed by atoms with Gasteiger partial charge in [-0.2, -0.15) is 0 Å². The maximum absolute atomic E-state index is 13.6. The molecule has 0 aliphatic rings. The van der Waals surface area contributed by atoms with E-state index in [1.807, 2.05) is 133 Å². The number of carbonyl (C=O) groups excluding carboxylic acids is 3. The number of benzene rings is 4. The maximum atomic E-state index is 13.6. The summed E-state index contributed by atoms with van der Waals surface area (Å²) < 4.78 is 5.52. The second-order valence-electron chi connectivity index (χ2n) is 13.1. The second-order valence-corrected chi connectivity index (χ2v) is 13.1. The average Bonchev–Trinajstić information content (AvgIpc) is 3.13. The Morgan fingerprint density at radius 2 is 1.22 bits per heavy atom. The van der Waals surface area contributed by atoms with E-state index in [0.717, 1.165) is 33.5 Å². The predicted octanol–water partition coefficient (Wildman–Crippen LogP) is 7.19. The van der Waals surface area contributed by atoms with Gasteiger partial charge in [-0.1, -0.05) is 121 Å². The van der Waals surface area contributed by atoms with Gasteiger partial charge in [-0.15, -0.1) is 0 Å². The molecule has 2 N–H and O–H groups in total. The fraction of sp³-hybridized carbons (Fsp3) is 0.238. The van der Waals surface area contributed by atoms with Crippen molar-refractivity contribution in [1.82, 2.24) is 15.8 Å². The van der Waals surface area contributed by atoms with E-state index >= 15 is 0 Å². The Morgan fingerprint density at radius 1 is 0.680 bits per heavy atom. The van der Waals surface area contributed by atoms with Crippen molar-refractivity contribution in [1.29, 1.82) is 0 Å². The van der Waals surface area contributed by atoms with Gasteiger partial charge in [-0.05, 0) is 61.6 Å². The molecule has 8 nitrogen and oxygen atoms in total. The van der Waals surface area contributed by atoms with Crippen molar-refractivity contribution in [3.63, 3.8) is 0 Å². The minimum Gasteiger partial charge on any atom is -0.460 e. The second kappa shape index (κ2) is 16.7. The molecule has 2 amide bonds. The van der Waals surface area contributed by atoms with E-state index in [0.29, 0.717) is 13.0 Å². The Labute approximate surface area is 293 Å². The van der Waals surface area contributed by atoms with Crippen LogP contribution >= 0.6 is 0 Å². The standard InChI is InChI=1S/C42H43N3O5/c1-41(2,3)49-39(47)30-33(40(48)44-28-26-31-22-24-32(25-23-31)37-21-13-14-27-43-37)29-38(46)45-50-42(34-15-7-4-8-16-34,35-17-9-5-10-18-35)36-19-11-6-12-20-36/h4-25,27,33H,26,28-30H2,1-3H3,(H,44,48)(H,45,46). The number of nitrogens with one attached hydrogen (secondary N) is 2. The first kappa shape index (κ1) is 35.7. The van der Waals surface area contributed by atoms with Crippen LogP contribution in [-0.2, 0) is 36.0 Å². The van der Waals surface area contributed by atoms with Gasteiger partial charge in [0.25, 0.3) is 0 Å². The molecule has 4 aromatic carbocycles. The molecule has 1 aromatic heterocycles. The molecule has 1 atom stereocenters. The Kier molecular flexibility index (Phi) is 11.9. The fourth-order valence-electron chi connectivity index (χ4n) is 5.79.